The molecule has 1 rings (SSSR count). The number of rotatable bonds is 9. The molecule has 0 saturated heterocycles. The van der Waals surface area contributed by atoms with Gasteiger partial charge in [-0.25, -0.2) is 0 Å². The summed E-state index contributed by atoms with van der Waals surface area (Å²) >= 11 is 0. The molecule has 0 amide bonds. The van der Waals surface area contributed by atoms with E-state index in [1.807, 2.05) is 37.3 Å². The second-order valence-corrected chi connectivity index (χ2v) is 5.26. The molecule has 0 aliphatic heterocycles. The normalized spacial score (nSPS) is 15.6. The van der Waals surface area contributed by atoms with Crippen LogP contribution in [0.3, 0.4) is 0 Å². The van der Waals surface area contributed by atoms with Gasteiger partial charge < -0.3 is 14.6 Å². The SMILES string of the molecule is C=C/C=C\C(C)[C@H](OCc1ccc(OC)cc1)[C@@H](C)CO. The molecule has 0 aliphatic rings. The Hall–Kier alpha value is -1.58. The van der Waals surface area contributed by atoms with Crippen molar-refractivity contribution >= 4 is 0 Å². The van der Waals surface area contributed by atoms with E-state index in [-0.39, 0.29) is 24.5 Å². The molecular weight excluding hydrogens is 264 g/mol. The Bertz CT molecular complexity index is 436. The first kappa shape index (κ1) is 17.5. The molecule has 1 N–H and O–H groups in total. The summed E-state index contributed by atoms with van der Waals surface area (Å²) in [6.45, 7) is 8.39. The summed E-state index contributed by atoms with van der Waals surface area (Å²) in [5, 5.41) is 9.40. The molecule has 1 unspecified atom stereocenters. The van der Waals surface area contributed by atoms with Gasteiger partial charge in [-0.15, -0.1) is 0 Å². The summed E-state index contributed by atoms with van der Waals surface area (Å²) in [5.41, 5.74) is 1.09. The molecule has 0 bridgehead atoms. The monoisotopic (exact) mass is 290 g/mol. The minimum atomic E-state index is -0.0340. The van der Waals surface area contributed by atoms with Crippen molar-refractivity contribution in [3.63, 3.8) is 0 Å². The minimum Gasteiger partial charge on any atom is -0.497 e. The summed E-state index contributed by atoms with van der Waals surface area (Å²) in [6.07, 6.45) is 5.69. The first-order valence-corrected chi connectivity index (χ1v) is 7.27. The number of aliphatic hydroxyl groups excluding tert-OH is 1. The molecule has 1 aromatic rings. The van der Waals surface area contributed by atoms with Gasteiger partial charge in [0.05, 0.1) is 19.8 Å². The Balaban J connectivity index is 2.67. The van der Waals surface area contributed by atoms with E-state index in [0.717, 1.165) is 11.3 Å². The van der Waals surface area contributed by atoms with E-state index in [4.69, 9.17) is 9.47 Å². The molecule has 3 heteroatoms. The molecule has 0 heterocycles. The molecular formula is C18H26O3. The van der Waals surface area contributed by atoms with Crippen LogP contribution in [0.4, 0.5) is 0 Å². The van der Waals surface area contributed by atoms with Gasteiger partial charge in [-0.2, -0.15) is 0 Å². The predicted octanol–water partition coefficient (Wildman–Crippen LogP) is 3.59. The maximum atomic E-state index is 9.40. The molecule has 0 aromatic heterocycles. The van der Waals surface area contributed by atoms with Crippen molar-refractivity contribution in [2.45, 2.75) is 26.6 Å². The van der Waals surface area contributed by atoms with E-state index in [1.165, 1.54) is 0 Å². The van der Waals surface area contributed by atoms with Crippen LogP contribution in [0.1, 0.15) is 19.4 Å². The zero-order valence-corrected chi connectivity index (χ0v) is 13.2. The molecule has 0 saturated carbocycles. The van der Waals surface area contributed by atoms with E-state index in [0.29, 0.717) is 6.61 Å². The van der Waals surface area contributed by atoms with Crippen LogP contribution in [0.25, 0.3) is 0 Å². The average Bonchev–Trinajstić information content (AvgIpc) is 2.53. The van der Waals surface area contributed by atoms with E-state index in [2.05, 4.69) is 19.6 Å². The second kappa shape index (κ2) is 9.37. The zero-order valence-electron chi connectivity index (χ0n) is 13.2. The summed E-state index contributed by atoms with van der Waals surface area (Å²) in [7, 11) is 1.65. The maximum absolute atomic E-state index is 9.40. The minimum absolute atomic E-state index is 0.0340. The molecule has 0 aliphatic carbocycles. The van der Waals surface area contributed by atoms with Gasteiger partial charge in [0.1, 0.15) is 5.75 Å². The van der Waals surface area contributed by atoms with Crippen LogP contribution in [-0.4, -0.2) is 24.9 Å². The smallest absolute Gasteiger partial charge is 0.118 e. The summed E-state index contributed by atoms with van der Waals surface area (Å²) < 4.78 is 11.2. The van der Waals surface area contributed by atoms with Crippen molar-refractivity contribution in [2.24, 2.45) is 11.8 Å². The number of aliphatic hydroxyl groups is 1. The number of hydrogen-bond donors (Lipinski definition) is 1. The number of allylic oxidation sites excluding steroid dienone is 2. The lowest BCUT2D eigenvalue weighted by Gasteiger charge is -2.27. The predicted molar refractivity (Wildman–Crippen MR) is 86.3 cm³/mol. The Labute approximate surface area is 127 Å². The lowest BCUT2D eigenvalue weighted by Crippen LogP contribution is -2.30. The van der Waals surface area contributed by atoms with E-state index in [1.54, 1.807) is 13.2 Å². The second-order valence-electron chi connectivity index (χ2n) is 5.26. The first-order chi connectivity index (χ1) is 10.1. The van der Waals surface area contributed by atoms with Gasteiger partial charge in [0.2, 0.25) is 0 Å². The molecule has 0 radical (unpaired) electrons. The summed E-state index contributed by atoms with van der Waals surface area (Å²) in [4.78, 5) is 0. The number of benzene rings is 1. The standard InChI is InChI=1S/C18H26O3/c1-5-6-7-14(2)18(15(3)12-19)21-13-16-8-10-17(20-4)11-9-16/h5-11,14-15,18-19H,1,12-13H2,2-4H3/b7-6-/t14?,15-,18-/m0/s1. The number of methoxy groups -OCH3 is 1. The Morgan fingerprint density at radius 1 is 1.24 bits per heavy atom. The Morgan fingerprint density at radius 2 is 1.90 bits per heavy atom. The Morgan fingerprint density at radius 3 is 2.43 bits per heavy atom. The van der Waals surface area contributed by atoms with Gasteiger partial charge in [0.15, 0.2) is 0 Å². The van der Waals surface area contributed by atoms with Gasteiger partial charge in [-0.3, -0.25) is 0 Å². The van der Waals surface area contributed by atoms with Crippen molar-refractivity contribution in [3.8, 4) is 5.75 Å². The largest absolute Gasteiger partial charge is 0.497 e. The summed E-state index contributed by atoms with van der Waals surface area (Å²) in [5.74, 6) is 1.12. The third kappa shape index (κ3) is 5.74. The van der Waals surface area contributed by atoms with E-state index < -0.39 is 0 Å². The molecule has 0 fully saturated rings. The molecule has 116 valence electrons. The van der Waals surface area contributed by atoms with Crippen molar-refractivity contribution in [1.29, 1.82) is 0 Å². The van der Waals surface area contributed by atoms with Crippen LogP contribution in [0.2, 0.25) is 0 Å². The number of hydrogen-bond acceptors (Lipinski definition) is 3. The van der Waals surface area contributed by atoms with Crippen LogP contribution in [0.5, 0.6) is 5.75 Å². The van der Waals surface area contributed by atoms with Gasteiger partial charge >= 0.3 is 0 Å². The quantitative estimate of drug-likeness (QED) is 0.706. The molecule has 3 atom stereocenters. The fraction of sp³-hybridized carbons (Fsp3) is 0.444. The van der Waals surface area contributed by atoms with Crippen LogP contribution in [-0.2, 0) is 11.3 Å². The highest BCUT2D eigenvalue weighted by Crippen LogP contribution is 2.21. The highest BCUT2D eigenvalue weighted by atomic mass is 16.5. The lowest BCUT2D eigenvalue weighted by atomic mass is 9.93. The van der Waals surface area contributed by atoms with E-state index >= 15 is 0 Å². The third-order valence-corrected chi connectivity index (χ3v) is 3.52. The molecule has 3 nitrogen and oxygen atoms in total. The van der Waals surface area contributed by atoms with Gasteiger partial charge in [0, 0.05) is 18.4 Å². The van der Waals surface area contributed by atoms with Gasteiger partial charge in [-0.1, -0.05) is 50.8 Å². The van der Waals surface area contributed by atoms with Crippen LogP contribution >= 0.6 is 0 Å². The van der Waals surface area contributed by atoms with Crippen molar-refractivity contribution < 1.29 is 14.6 Å². The molecule has 0 spiro atoms. The maximum Gasteiger partial charge on any atom is 0.118 e. The molecule has 1 aromatic carbocycles. The summed E-state index contributed by atoms with van der Waals surface area (Å²) in [6, 6.07) is 7.82. The highest BCUT2D eigenvalue weighted by Gasteiger charge is 2.22. The lowest BCUT2D eigenvalue weighted by molar-refractivity contribution is -0.0308. The van der Waals surface area contributed by atoms with Gasteiger partial charge in [0.25, 0.3) is 0 Å². The fourth-order valence-corrected chi connectivity index (χ4v) is 2.22. The third-order valence-electron chi connectivity index (χ3n) is 3.52. The first-order valence-electron chi connectivity index (χ1n) is 7.27. The van der Waals surface area contributed by atoms with Crippen LogP contribution < -0.4 is 4.74 Å². The highest BCUT2D eigenvalue weighted by molar-refractivity contribution is 5.26. The van der Waals surface area contributed by atoms with E-state index in [9.17, 15) is 5.11 Å². The Kier molecular flexibility index (Phi) is 7.80. The van der Waals surface area contributed by atoms with Crippen LogP contribution in [0.15, 0.2) is 49.1 Å². The zero-order chi connectivity index (χ0) is 15.7. The average molecular weight is 290 g/mol. The van der Waals surface area contributed by atoms with Crippen LogP contribution in [0, 0.1) is 11.8 Å². The van der Waals surface area contributed by atoms with Crippen molar-refractivity contribution in [2.75, 3.05) is 13.7 Å². The van der Waals surface area contributed by atoms with Crippen molar-refractivity contribution in [1.82, 2.24) is 0 Å². The molecule has 21 heavy (non-hydrogen) atoms. The number of ether oxygens (including phenoxy) is 2. The van der Waals surface area contributed by atoms with Gasteiger partial charge in [-0.05, 0) is 17.7 Å². The fourth-order valence-electron chi connectivity index (χ4n) is 2.22. The topological polar surface area (TPSA) is 38.7 Å². The van der Waals surface area contributed by atoms with Crippen molar-refractivity contribution in [3.05, 3.63) is 54.6 Å².